The highest BCUT2D eigenvalue weighted by atomic mass is 32.1. The van der Waals surface area contributed by atoms with Crippen LogP contribution in [-0.4, -0.2) is 57.5 Å². The van der Waals surface area contributed by atoms with Crippen LogP contribution in [0, 0.1) is 13.8 Å². The van der Waals surface area contributed by atoms with Crippen molar-refractivity contribution in [3.05, 3.63) is 47.5 Å². The first-order valence-electron chi connectivity index (χ1n) is 10.6. The zero-order valence-corrected chi connectivity index (χ0v) is 19.6. The molecule has 8 nitrogen and oxygen atoms in total. The Kier molecular flexibility index (Phi) is 6.55. The van der Waals surface area contributed by atoms with Crippen molar-refractivity contribution in [1.29, 1.82) is 0 Å². The van der Waals surface area contributed by atoms with Crippen molar-refractivity contribution < 1.29 is 9.47 Å². The Morgan fingerprint density at radius 3 is 2.34 bits per heavy atom. The number of hydrogen-bond donors (Lipinski definition) is 1. The number of benzene rings is 2. The number of hydrogen-bond acceptors (Lipinski definition) is 6. The molecule has 1 aromatic heterocycles. The van der Waals surface area contributed by atoms with Crippen LogP contribution in [0.5, 0.6) is 11.5 Å². The Labute approximate surface area is 193 Å². The zero-order chi connectivity index (χ0) is 22.7. The summed E-state index contributed by atoms with van der Waals surface area (Å²) in [6.07, 6.45) is 1.80. The zero-order valence-electron chi connectivity index (χ0n) is 18.8. The lowest BCUT2D eigenvalue weighted by Gasteiger charge is -2.33. The predicted octanol–water partition coefficient (Wildman–Crippen LogP) is 4.01. The molecule has 2 aromatic carbocycles. The Balaban J connectivity index is 1.38. The molecule has 1 aliphatic rings. The fourth-order valence-electron chi connectivity index (χ4n) is 4.02. The van der Waals surface area contributed by atoms with Crippen LogP contribution in [0.25, 0.3) is 11.4 Å². The number of anilines is 1. The summed E-state index contributed by atoms with van der Waals surface area (Å²) >= 11 is 5.65. The fourth-order valence-corrected chi connectivity index (χ4v) is 4.32. The standard InChI is InChI=1S/C23H28N6O2S/c1-15-11-16(2)13-18(12-15)24-23(32)28-9-7-19(8-10-28)29-26-22(25-27-29)17-5-6-20(30-3)21(14-17)31-4/h5-6,11-14,19H,7-10H2,1-4H3,(H,24,32). The Bertz CT molecular complexity index is 1090. The molecule has 32 heavy (non-hydrogen) atoms. The third-order valence-corrected chi connectivity index (χ3v) is 5.98. The van der Waals surface area contributed by atoms with Gasteiger partial charge in [-0.05, 0) is 85.6 Å². The lowest BCUT2D eigenvalue weighted by molar-refractivity contribution is 0.238. The number of likely N-dealkylation sites (tertiary alicyclic amines) is 1. The number of aryl methyl sites for hydroxylation is 2. The van der Waals surface area contributed by atoms with Crippen molar-refractivity contribution in [3.63, 3.8) is 0 Å². The minimum Gasteiger partial charge on any atom is -0.493 e. The highest BCUT2D eigenvalue weighted by molar-refractivity contribution is 7.80. The Morgan fingerprint density at radius 1 is 1.00 bits per heavy atom. The van der Waals surface area contributed by atoms with Gasteiger partial charge < -0.3 is 19.7 Å². The number of aromatic nitrogens is 4. The summed E-state index contributed by atoms with van der Waals surface area (Å²) in [5.74, 6) is 1.88. The van der Waals surface area contributed by atoms with Crippen LogP contribution in [0.4, 0.5) is 5.69 Å². The molecular weight excluding hydrogens is 424 g/mol. The van der Waals surface area contributed by atoms with Gasteiger partial charge in [-0.25, -0.2) is 0 Å². The molecule has 0 unspecified atom stereocenters. The predicted molar refractivity (Wildman–Crippen MR) is 128 cm³/mol. The normalized spacial score (nSPS) is 14.3. The van der Waals surface area contributed by atoms with Gasteiger partial charge in [0, 0.05) is 24.3 Å². The van der Waals surface area contributed by atoms with E-state index >= 15 is 0 Å². The second-order valence-electron chi connectivity index (χ2n) is 8.03. The SMILES string of the molecule is COc1ccc(-c2nnn(C3CCN(C(=S)Nc4cc(C)cc(C)c4)CC3)n2)cc1OC. The van der Waals surface area contributed by atoms with Crippen LogP contribution in [-0.2, 0) is 0 Å². The van der Waals surface area contributed by atoms with E-state index in [-0.39, 0.29) is 6.04 Å². The molecule has 4 rings (SSSR count). The second-order valence-corrected chi connectivity index (χ2v) is 8.41. The van der Waals surface area contributed by atoms with E-state index in [1.807, 2.05) is 18.2 Å². The molecule has 1 saturated heterocycles. The third-order valence-electron chi connectivity index (χ3n) is 5.62. The molecule has 0 saturated carbocycles. The Hall–Kier alpha value is -3.20. The van der Waals surface area contributed by atoms with Crippen molar-refractivity contribution in [3.8, 4) is 22.9 Å². The van der Waals surface area contributed by atoms with Gasteiger partial charge >= 0.3 is 0 Å². The van der Waals surface area contributed by atoms with E-state index in [0.29, 0.717) is 17.3 Å². The largest absolute Gasteiger partial charge is 0.493 e. The van der Waals surface area contributed by atoms with Crippen LogP contribution < -0.4 is 14.8 Å². The summed E-state index contributed by atoms with van der Waals surface area (Å²) in [7, 11) is 3.22. The molecule has 1 fully saturated rings. The summed E-state index contributed by atoms with van der Waals surface area (Å²) in [6.45, 7) is 5.87. The van der Waals surface area contributed by atoms with E-state index in [4.69, 9.17) is 21.7 Å². The molecule has 2 heterocycles. The maximum Gasteiger partial charge on any atom is 0.205 e. The molecule has 0 bridgehead atoms. The highest BCUT2D eigenvalue weighted by Gasteiger charge is 2.24. The second kappa shape index (κ2) is 9.52. The average molecular weight is 453 g/mol. The van der Waals surface area contributed by atoms with Gasteiger partial charge in [0.15, 0.2) is 16.6 Å². The average Bonchev–Trinajstić information content (AvgIpc) is 3.28. The van der Waals surface area contributed by atoms with Gasteiger partial charge in [0.2, 0.25) is 5.82 Å². The maximum absolute atomic E-state index is 5.65. The minimum absolute atomic E-state index is 0.191. The number of methoxy groups -OCH3 is 2. The van der Waals surface area contributed by atoms with Crippen molar-refractivity contribution >= 4 is 23.0 Å². The summed E-state index contributed by atoms with van der Waals surface area (Å²) < 4.78 is 10.7. The molecular formula is C23H28N6O2S. The number of tetrazole rings is 1. The maximum atomic E-state index is 5.65. The number of piperidine rings is 1. The fraction of sp³-hybridized carbons (Fsp3) is 0.391. The topological polar surface area (TPSA) is 77.3 Å². The summed E-state index contributed by atoms with van der Waals surface area (Å²) in [5.41, 5.74) is 4.31. The first-order chi connectivity index (χ1) is 15.5. The molecule has 0 atom stereocenters. The van der Waals surface area contributed by atoms with Crippen LogP contribution in [0.2, 0.25) is 0 Å². The molecule has 0 radical (unpaired) electrons. The minimum atomic E-state index is 0.191. The van der Waals surface area contributed by atoms with E-state index in [9.17, 15) is 0 Å². The summed E-state index contributed by atoms with van der Waals surface area (Å²) in [4.78, 5) is 3.93. The molecule has 1 aliphatic heterocycles. The van der Waals surface area contributed by atoms with E-state index in [2.05, 4.69) is 57.7 Å². The lowest BCUT2D eigenvalue weighted by Crippen LogP contribution is -2.41. The molecule has 168 valence electrons. The van der Waals surface area contributed by atoms with Gasteiger partial charge in [-0.2, -0.15) is 4.80 Å². The van der Waals surface area contributed by atoms with Crippen LogP contribution in [0.15, 0.2) is 36.4 Å². The monoisotopic (exact) mass is 452 g/mol. The molecule has 3 aromatic rings. The van der Waals surface area contributed by atoms with E-state index in [0.717, 1.165) is 42.3 Å². The lowest BCUT2D eigenvalue weighted by atomic mass is 10.1. The van der Waals surface area contributed by atoms with Crippen LogP contribution in [0.1, 0.15) is 30.0 Å². The molecule has 1 N–H and O–H groups in total. The van der Waals surface area contributed by atoms with E-state index < -0.39 is 0 Å². The van der Waals surface area contributed by atoms with Crippen molar-refractivity contribution in [2.75, 3.05) is 32.6 Å². The van der Waals surface area contributed by atoms with Crippen molar-refractivity contribution in [2.45, 2.75) is 32.7 Å². The smallest absolute Gasteiger partial charge is 0.205 e. The van der Waals surface area contributed by atoms with Gasteiger partial charge in [-0.15, -0.1) is 10.2 Å². The van der Waals surface area contributed by atoms with Crippen molar-refractivity contribution in [2.24, 2.45) is 0 Å². The van der Waals surface area contributed by atoms with E-state index in [1.165, 1.54) is 11.1 Å². The Morgan fingerprint density at radius 2 is 1.69 bits per heavy atom. The van der Waals surface area contributed by atoms with E-state index in [1.54, 1.807) is 19.0 Å². The highest BCUT2D eigenvalue weighted by Crippen LogP contribution is 2.31. The number of nitrogens with one attached hydrogen (secondary N) is 1. The number of thiocarbonyl (C=S) groups is 1. The number of ether oxygens (including phenoxy) is 2. The van der Waals surface area contributed by atoms with Crippen LogP contribution >= 0.6 is 12.2 Å². The van der Waals surface area contributed by atoms with Gasteiger partial charge in [-0.1, -0.05) is 6.07 Å². The number of rotatable bonds is 5. The number of nitrogens with zero attached hydrogens (tertiary/aromatic N) is 5. The van der Waals surface area contributed by atoms with Crippen LogP contribution in [0.3, 0.4) is 0 Å². The van der Waals surface area contributed by atoms with Crippen molar-refractivity contribution in [1.82, 2.24) is 25.1 Å². The molecule has 0 amide bonds. The summed E-state index contributed by atoms with van der Waals surface area (Å²) in [6, 6.07) is 12.2. The first kappa shape index (κ1) is 22.0. The molecule has 0 aliphatic carbocycles. The van der Waals surface area contributed by atoms with Gasteiger partial charge in [-0.3, -0.25) is 0 Å². The molecule has 0 spiro atoms. The van der Waals surface area contributed by atoms with Gasteiger partial charge in [0.25, 0.3) is 0 Å². The van der Waals surface area contributed by atoms with Gasteiger partial charge in [0.05, 0.1) is 20.3 Å². The summed E-state index contributed by atoms with van der Waals surface area (Å²) in [5, 5.41) is 17.3. The first-order valence-corrected chi connectivity index (χ1v) is 11.0. The quantitative estimate of drug-likeness (QED) is 0.582. The van der Waals surface area contributed by atoms with Gasteiger partial charge in [0.1, 0.15) is 0 Å². The molecule has 9 heteroatoms. The third kappa shape index (κ3) is 4.83.